The van der Waals surface area contributed by atoms with E-state index in [0.29, 0.717) is 29.4 Å². The highest BCUT2D eigenvalue weighted by Crippen LogP contribution is 2.40. The number of amidine groups is 1. The number of phenolic OH excluding ortho intramolecular Hbond substituents is 1. The highest BCUT2D eigenvalue weighted by Gasteiger charge is 2.38. The molecule has 0 amide bonds. The van der Waals surface area contributed by atoms with E-state index >= 15 is 0 Å². The summed E-state index contributed by atoms with van der Waals surface area (Å²) in [6.07, 6.45) is 2.78. The Morgan fingerprint density at radius 3 is 2.08 bits per heavy atom. The third-order valence-corrected chi connectivity index (χ3v) is 7.30. The lowest BCUT2D eigenvalue weighted by atomic mass is 9.78. The van der Waals surface area contributed by atoms with Crippen LogP contribution in [0.25, 0.3) is 0 Å². The fourth-order valence-corrected chi connectivity index (χ4v) is 5.22. The number of hydrogen-bond acceptors (Lipinski definition) is 4. The van der Waals surface area contributed by atoms with Crippen molar-refractivity contribution >= 4 is 28.6 Å². The lowest BCUT2D eigenvalue weighted by Crippen LogP contribution is -2.33. The molecule has 2 aromatic carbocycles. The lowest BCUT2D eigenvalue weighted by molar-refractivity contribution is 0.0963. The number of hydrogen-bond donors (Lipinski definition) is 2. The van der Waals surface area contributed by atoms with Crippen molar-refractivity contribution in [3.8, 4) is 11.8 Å². The maximum Gasteiger partial charge on any atom is 0.182 e. The fraction of sp³-hybridized carbons (Fsp3) is 0.516. The van der Waals surface area contributed by atoms with Crippen LogP contribution in [0.5, 0.6) is 5.75 Å². The number of carbonyl (C=O) groups excluding carboxylic acids is 1. The maximum atomic E-state index is 13.6. The molecule has 1 aliphatic heterocycles. The molecule has 0 radical (unpaired) electrons. The maximum absolute atomic E-state index is 13.6. The van der Waals surface area contributed by atoms with Crippen LogP contribution in [0.4, 0.5) is 0 Å². The molecule has 6 heteroatoms. The molecule has 0 bridgehead atoms. The van der Waals surface area contributed by atoms with Gasteiger partial charge in [-0.15, -0.1) is 17.0 Å². The molecule has 2 aromatic rings. The second-order valence-electron chi connectivity index (χ2n) is 12.3. The Hall–Kier alpha value is -2.65. The molecule has 0 unspecified atom stereocenters. The third-order valence-electron chi connectivity index (χ3n) is 7.30. The molecule has 3 rings (SSSR count). The Balaban J connectivity index is 0.00000481. The van der Waals surface area contributed by atoms with Crippen molar-refractivity contribution in [1.82, 2.24) is 4.90 Å². The highest BCUT2D eigenvalue weighted by atomic mass is 79.9. The average molecular weight is 569 g/mol. The van der Waals surface area contributed by atoms with Crippen LogP contribution in [0.1, 0.15) is 93.9 Å². The zero-order chi connectivity index (χ0) is 26.8. The normalized spacial score (nSPS) is 17.9. The number of carbonyl (C=O) groups is 1. The first-order chi connectivity index (χ1) is 16.8. The van der Waals surface area contributed by atoms with Gasteiger partial charge in [0.05, 0.1) is 18.2 Å². The zero-order valence-corrected chi connectivity index (χ0v) is 25.0. The number of halogens is 1. The molecule has 2 N–H and O–H groups in total. The minimum absolute atomic E-state index is 0. The number of nitriles is 1. The SMILES string of the molecule is Br.CCC[C@H]1CN(CC(=O)c2cc(C(C)(C)C)c(O)c(C(C)(C)C)c2)C(=N)[C@@H]1Cc1ccc(C#N)cc1. The van der Waals surface area contributed by atoms with E-state index in [1.165, 1.54) is 0 Å². The van der Waals surface area contributed by atoms with E-state index in [2.05, 4.69) is 13.0 Å². The summed E-state index contributed by atoms with van der Waals surface area (Å²) in [7, 11) is 0. The molecule has 1 saturated heterocycles. The number of likely N-dealkylation sites (tertiary alicyclic amines) is 1. The van der Waals surface area contributed by atoms with Crippen LogP contribution in [0, 0.1) is 28.6 Å². The van der Waals surface area contributed by atoms with Gasteiger partial charge in [0.2, 0.25) is 0 Å². The first-order valence-electron chi connectivity index (χ1n) is 13.0. The molecule has 0 saturated carbocycles. The van der Waals surface area contributed by atoms with E-state index in [0.717, 1.165) is 36.0 Å². The number of Topliss-reactive ketones (excluding diaryl/α,β-unsaturated/α-hetero) is 1. The van der Waals surface area contributed by atoms with Gasteiger partial charge in [-0.3, -0.25) is 10.2 Å². The summed E-state index contributed by atoms with van der Waals surface area (Å²) >= 11 is 0. The van der Waals surface area contributed by atoms with E-state index < -0.39 is 0 Å². The van der Waals surface area contributed by atoms with Crippen molar-refractivity contribution in [2.75, 3.05) is 13.1 Å². The summed E-state index contributed by atoms with van der Waals surface area (Å²) in [5, 5.41) is 29.1. The van der Waals surface area contributed by atoms with Crippen LogP contribution in [-0.4, -0.2) is 34.7 Å². The number of benzene rings is 2. The molecule has 1 fully saturated rings. The van der Waals surface area contributed by atoms with Gasteiger partial charge in [0.1, 0.15) is 11.6 Å². The van der Waals surface area contributed by atoms with Crippen molar-refractivity contribution in [1.29, 1.82) is 10.7 Å². The summed E-state index contributed by atoms with van der Waals surface area (Å²) in [4.78, 5) is 15.5. The van der Waals surface area contributed by atoms with Gasteiger partial charge in [0, 0.05) is 29.2 Å². The van der Waals surface area contributed by atoms with E-state index in [9.17, 15) is 9.90 Å². The molecule has 0 spiro atoms. The van der Waals surface area contributed by atoms with Crippen molar-refractivity contribution < 1.29 is 9.90 Å². The lowest BCUT2D eigenvalue weighted by Gasteiger charge is -2.28. The Kier molecular flexibility index (Phi) is 9.76. The molecule has 0 aromatic heterocycles. The van der Waals surface area contributed by atoms with Crippen molar-refractivity contribution in [2.45, 2.75) is 78.6 Å². The summed E-state index contributed by atoms with van der Waals surface area (Å²) in [5.74, 6) is 1.15. The third kappa shape index (κ3) is 7.02. The monoisotopic (exact) mass is 567 g/mol. The van der Waals surface area contributed by atoms with Gasteiger partial charge in [-0.25, -0.2) is 0 Å². The number of nitrogens with zero attached hydrogens (tertiary/aromatic N) is 2. The van der Waals surface area contributed by atoms with Gasteiger partial charge < -0.3 is 10.0 Å². The van der Waals surface area contributed by atoms with Crippen LogP contribution in [0.3, 0.4) is 0 Å². The van der Waals surface area contributed by atoms with Crippen LogP contribution in [0.15, 0.2) is 36.4 Å². The first kappa shape index (κ1) is 30.6. The Morgan fingerprint density at radius 2 is 1.62 bits per heavy atom. The predicted molar refractivity (Wildman–Crippen MR) is 156 cm³/mol. The van der Waals surface area contributed by atoms with Crippen LogP contribution >= 0.6 is 17.0 Å². The van der Waals surface area contributed by atoms with Crippen molar-refractivity contribution in [3.05, 3.63) is 64.2 Å². The van der Waals surface area contributed by atoms with Crippen LogP contribution in [0.2, 0.25) is 0 Å². The summed E-state index contributed by atoms with van der Waals surface area (Å²) in [6.45, 7) is 15.3. The fourth-order valence-electron chi connectivity index (χ4n) is 5.22. The Labute approximate surface area is 233 Å². The molecular weight excluding hydrogens is 526 g/mol. The minimum atomic E-state index is -0.306. The second kappa shape index (κ2) is 11.8. The molecular formula is C31H42BrN3O2. The Morgan fingerprint density at radius 1 is 1.08 bits per heavy atom. The summed E-state index contributed by atoms with van der Waals surface area (Å²) in [6, 6.07) is 13.4. The molecule has 200 valence electrons. The molecule has 2 atom stereocenters. The van der Waals surface area contributed by atoms with E-state index in [1.807, 2.05) is 82.8 Å². The van der Waals surface area contributed by atoms with E-state index in [4.69, 9.17) is 10.7 Å². The summed E-state index contributed by atoms with van der Waals surface area (Å²) in [5.41, 5.74) is 3.28. The van der Waals surface area contributed by atoms with Gasteiger partial charge in [-0.05, 0) is 59.4 Å². The topological polar surface area (TPSA) is 88.2 Å². The predicted octanol–water partition coefficient (Wildman–Crippen LogP) is 7.19. The molecule has 1 aliphatic rings. The van der Waals surface area contributed by atoms with Crippen molar-refractivity contribution in [3.63, 3.8) is 0 Å². The van der Waals surface area contributed by atoms with Gasteiger partial charge in [-0.2, -0.15) is 5.26 Å². The highest BCUT2D eigenvalue weighted by molar-refractivity contribution is 8.93. The molecule has 1 heterocycles. The smallest absolute Gasteiger partial charge is 0.182 e. The second-order valence-corrected chi connectivity index (χ2v) is 12.3. The zero-order valence-electron chi connectivity index (χ0n) is 23.3. The number of phenols is 1. The standard InChI is InChI=1S/C31H41N3O2.BrH/c1-8-9-22-18-34(29(33)24(22)14-20-10-12-21(17-32)13-11-20)19-27(35)23-15-25(30(2,3)4)28(36)26(16-23)31(5,6)7;/h10-13,15-16,22,24,33,36H,8-9,14,18-19H2,1-7H3;1H/t22-,24+;/m0./s1. The Bertz CT molecular complexity index is 1130. The first-order valence-corrected chi connectivity index (χ1v) is 13.0. The van der Waals surface area contributed by atoms with E-state index in [1.54, 1.807) is 0 Å². The van der Waals surface area contributed by atoms with Gasteiger partial charge in [0.15, 0.2) is 5.78 Å². The van der Waals surface area contributed by atoms with Gasteiger partial charge >= 0.3 is 0 Å². The number of aromatic hydroxyl groups is 1. The van der Waals surface area contributed by atoms with Crippen LogP contribution in [-0.2, 0) is 17.3 Å². The van der Waals surface area contributed by atoms with Gasteiger partial charge in [-0.1, -0.05) is 67.0 Å². The summed E-state index contributed by atoms with van der Waals surface area (Å²) < 4.78 is 0. The molecule has 0 aliphatic carbocycles. The number of ketones is 1. The van der Waals surface area contributed by atoms with Crippen LogP contribution < -0.4 is 0 Å². The van der Waals surface area contributed by atoms with E-state index in [-0.39, 0.29) is 51.8 Å². The largest absolute Gasteiger partial charge is 0.507 e. The number of rotatable bonds is 7. The number of nitrogens with one attached hydrogen (secondary N) is 1. The van der Waals surface area contributed by atoms with Gasteiger partial charge in [0.25, 0.3) is 0 Å². The minimum Gasteiger partial charge on any atom is -0.507 e. The average Bonchev–Trinajstić information content (AvgIpc) is 3.07. The quantitative estimate of drug-likeness (QED) is 0.346. The molecule has 37 heavy (non-hydrogen) atoms. The van der Waals surface area contributed by atoms with Crippen molar-refractivity contribution in [2.24, 2.45) is 11.8 Å². The molecule has 5 nitrogen and oxygen atoms in total.